The Morgan fingerprint density at radius 1 is 1.08 bits per heavy atom. The zero-order chi connectivity index (χ0) is 18.9. The Morgan fingerprint density at radius 3 is 2.46 bits per heavy atom. The average Bonchev–Trinajstić information content (AvgIpc) is 2.60. The molecular weight excluding hydrogens is 346 g/mol. The van der Waals surface area contributed by atoms with Gasteiger partial charge < -0.3 is 14.6 Å². The Balaban J connectivity index is 1.97. The van der Waals surface area contributed by atoms with E-state index in [1.165, 1.54) is 30.3 Å². The van der Waals surface area contributed by atoms with Crippen molar-refractivity contribution in [2.75, 3.05) is 6.61 Å². The fraction of sp³-hybridized carbons (Fsp3) is 0.158. The predicted octanol–water partition coefficient (Wildman–Crippen LogP) is 4.04. The van der Waals surface area contributed by atoms with Gasteiger partial charge in [0.15, 0.2) is 5.78 Å². The Labute approximate surface area is 148 Å². The quantitative estimate of drug-likeness (QED) is 0.538. The topological polar surface area (TPSA) is 72.8 Å². The third-order valence-electron chi connectivity index (χ3n) is 3.23. The van der Waals surface area contributed by atoms with Crippen molar-refractivity contribution in [3.05, 3.63) is 65.7 Å². The molecule has 1 N–H and O–H groups in total. The average molecular weight is 362 g/mol. The Hall–Kier alpha value is -3.22. The zero-order valence-electron chi connectivity index (χ0n) is 13.6. The van der Waals surface area contributed by atoms with Crippen molar-refractivity contribution >= 4 is 17.8 Å². The van der Waals surface area contributed by atoms with E-state index in [2.05, 4.69) is 4.74 Å². The van der Waals surface area contributed by atoms with Crippen molar-refractivity contribution in [2.45, 2.75) is 13.0 Å². The molecule has 5 nitrogen and oxygen atoms in total. The maximum atomic E-state index is 12.1. The summed E-state index contributed by atoms with van der Waals surface area (Å²) in [5.41, 5.74) is 1.03. The summed E-state index contributed by atoms with van der Waals surface area (Å²) in [4.78, 5) is 22.6. The van der Waals surface area contributed by atoms with Gasteiger partial charge in [0.05, 0.1) is 13.0 Å². The van der Waals surface area contributed by atoms with Crippen molar-refractivity contribution in [2.24, 2.45) is 0 Å². The minimum absolute atomic E-state index is 0.0215. The molecule has 0 fully saturated rings. The van der Waals surface area contributed by atoms with Crippen LogP contribution >= 0.6 is 0 Å². The van der Waals surface area contributed by atoms with E-state index in [9.17, 15) is 18.4 Å². The fourth-order valence-corrected chi connectivity index (χ4v) is 2.03. The molecule has 2 aromatic rings. The summed E-state index contributed by atoms with van der Waals surface area (Å²) < 4.78 is 33.7. The number of aliphatic carboxylic acids is 1. The Bertz CT molecular complexity index is 785. The first-order valence-corrected chi connectivity index (χ1v) is 7.66. The zero-order valence-corrected chi connectivity index (χ0v) is 13.6. The van der Waals surface area contributed by atoms with Crippen LogP contribution in [0.1, 0.15) is 22.3 Å². The molecule has 0 radical (unpaired) electrons. The van der Waals surface area contributed by atoms with Gasteiger partial charge in [-0.1, -0.05) is 18.2 Å². The highest BCUT2D eigenvalue weighted by atomic mass is 19.3. The van der Waals surface area contributed by atoms with Crippen molar-refractivity contribution in [3.8, 4) is 11.5 Å². The number of carboxylic acids is 1. The predicted molar refractivity (Wildman–Crippen MR) is 90.6 cm³/mol. The van der Waals surface area contributed by atoms with E-state index >= 15 is 0 Å². The van der Waals surface area contributed by atoms with Gasteiger partial charge in [-0.15, -0.1) is 0 Å². The van der Waals surface area contributed by atoms with E-state index in [4.69, 9.17) is 9.84 Å². The third-order valence-corrected chi connectivity index (χ3v) is 3.23. The van der Waals surface area contributed by atoms with Gasteiger partial charge in [0.25, 0.3) is 0 Å². The number of hydrogen-bond acceptors (Lipinski definition) is 4. The standard InChI is InChI=1S/C19H16F2O5/c20-19(21)26-15-7-5-14(6-8-15)17(22)9-4-13-2-1-3-16(12-13)25-11-10-18(23)24/h1-9,12,19H,10-11H2,(H,23,24). The number of carbonyl (C=O) groups is 2. The summed E-state index contributed by atoms with van der Waals surface area (Å²) >= 11 is 0. The Morgan fingerprint density at radius 2 is 1.81 bits per heavy atom. The number of carboxylic acid groups (broad SMARTS) is 1. The number of hydrogen-bond donors (Lipinski definition) is 1. The van der Waals surface area contributed by atoms with Crippen LogP contribution in [-0.2, 0) is 4.79 Å². The van der Waals surface area contributed by atoms with Crippen LogP contribution in [-0.4, -0.2) is 30.1 Å². The van der Waals surface area contributed by atoms with E-state index in [1.54, 1.807) is 30.3 Å². The van der Waals surface area contributed by atoms with Gasteiger partial charge in [0, 0.05) is 5.56 Å². The first-order valence-electron chi connectivity index (χ1n) is 7.66. The second-order valence-corrected chi connectivity index (χ2v) is 5.17. The molecule has 2 aromatic carbocycles. The number of ketones is 1. The molecule has 0 saturated heterocycles. The van der Waals surface area contributed by atoms with Crippen molar-refractivity contribution < 1.29 is 33.0 Å². The summed E-state index contributed by atoms with van der Waals surface area (Å²) in [6, 6.07) is 12.2. The lowest BCUT2D eigenvalue weighted by molar-refractivity contribution is -0.137. The molecule has 0 amide bonds. The number of benzene rings is 2. The molecule has 0 bridgehead atoms. The van der Waals surface area contributed by atoms with Crippen molar-refractivity contribution in [1.29, 1.82) is 0 Å². The molecule has 0 saturated carbocycles. The van der Waals surface area contributed by atoms with Crippen LogP contribution in [0.3, 0.4) is 0 Å². The molecule has 26 heavy (non-hydrogen) atoms. The maximum absolute atomic E-state index is 12.1. The minimum Gasteiger partial charge on any atom is -0.493 e. The van der Waals surface area contributed by atoms with E-state index < -0.39 is 12.6 Å². The van der Waals surface area contributed by atoms with Crippen molar-refractivity contribution in [1.82, 2.24) is 0 Å². The molecule has 0 spiro atoms. The van der Waals surface area contributed by atoms with E-state index in [-0.39, 0.29) is 24.6 Å². The van der Waals surface area contributed by atoms with Gasteiger partial charge in [-0.05, 0) is 48.0 Å². The third kappa shape index (κ3) is 6.35. The highest BCUT2D eigenvalue weighted by Crippen LogP contribution is 2.17. The van der Waals surface area contributed by atoms with Crippen LogP contribution in [0.25, 0.3) is 6.08 Å². The Kier molecular flexibility index (Phi) is 6.84. The largest absolute Gasteiger partial charge is 0.493 e. The molecule has 0 aliphatic carbocycles. The lowest BCUT2D eigenvalue weighted by Gasteiger charge is -2.05. The fourth-order valence-electron chi connectivity index (χ4n) is 2.03. The number of alkyl halides is 2. The number of halogens is 2. The monoisotopic (exact) mass is 362 g/mol. The molecule has 0 aliphatic rings. The van der Waals surface area contributed by atoms with Gasteiger partial charge in [0.2, 0.25) is 0 Å². The smallest absolute Gasteiger partial charge is 0.387 e. The van der Waals surface area contributed by atoms with Crippen LogP contribution in [0.4, 0.5) is 8.78 Å². The second kappa shape index (κ2) is 9.31. The summed E-state index contributed by atoms with van der Waals surface area (Å²) in [7, 11) is 0. The summed E-state index contributed by atoms with van der Waals surface area (Å²) in [6.45, 7) is -2.87. The van der Waals surface area contributed by atoms with Crippen LogP contribution in [0, 0.1) is 0 Å². The van der Waals surface area contributed by atoms with E-state index in [0.29, 0.717) is 16.9 Å². The molecule has 0 aliphatic heterocycles. The molecule has 0 heterocycles. The normalized spacial score (nSPS) is 10.9. The highest BCUT2D eigenvalue weighted by molar-refractivity contribution is 6.06. The van der Waals surface area contributed by atoms with Gasteiger partial charge in [0.1, 0.15) is 11.5 Å². The maximum Gasteiger partial charge on any atom is 0.387 e. The number of carbonyl (C=O) groups excluding carboxylic acids is 1. The van der Waals surface area contributed by atoms with Crippen LogP contribution in [0.2, 0.25) is 0 Å². The van der Waals surface area contributed by atoms with Crippen molar-refractivity contribution in [3.63, 3.8) is 0 Å². The lowest BCUT2D eigenvalue weighted by Crippen LogP contribution is -2.04. The summed E-state index contributed by atoms with van der Waals surface area (Å²) in [5, 5.41) is 8.59. The minimum atomic E-state index is -2.92. The highest BCUT2D eigenvalue weighted by Gasteiger charge is 2.06. The number of allylic oxidation sites excluding steroid dienone is 1. The first-order chi connectivity index (χ1) is 12.4. The van der Waals surface area contributed by atoms with Gasteiger partial charge in [-0.25, -0.2) is 0 Å². The lowest BCUT2D eigenvalue weighted by atomic mass is 10.1. The summed E-state index contributed by atoms with van der Waals surface area (Å²) in [6.07, 6.45) is 2.82. The first kappa shape index (κ1) is 19.1. The summed E-state index contributed by atoms with van der Waals surface area (Å²) in [5.74, 6) is -0.775. The number of rotatable bonds is 9. The van der Waals surface area contributed by atoms with Gasteiger partial charge in [-0.3, -0.25) is 9.59 Å². The number of ether oxygens (including phenoxy) is 2. The van der Waals surface area contributed by atoms with Crippen LogP contribution < -0.4 is 9.47 Å². The van der Waals surface area contributed by atoms with Gasteiger partial charge >= 0.3 is 12.6 Å². The van der Waals surface area contributed by atoms with Gasteiger partial charge in [-0.2, -0.15) is 8.78 Å². The molecule has 2 rings (SSSR count). The molecule has 136 valence electrons. The molecular formula is C19H16F2O5. The molecule has 0 aromatic heterocycles. The molecule has 0 atom stereocenters. The second-order valence-electron chi connectivity index (χ2n) is 5.17. The molecule has 7 heteroatoms. The van der Waals surface area contributed by atoms with E-state index in [1.807, 2.05) is 0 Å². The van der Waals surface area contributed by atoms with E-state index in [0.717, 1.165) is 0 Å². The van der Waals surface area contributed by atoms with Crippen LogP contribution in [0.15, 0.2) is 54.6 Å². The SMILES string of the molecule is O=C(O)CCOc1cccc(C=CC(=O)c2ccc(OC(F)F)cc2)c1. The van der Waals surface area contributed by atoms with Crippen LogP contribution in [0.5, 0.6) is 11.5 Å². The molecule has 0 unspecified atom stereocenters.